The lowest BCUT2D eigenvalue weighted by molar-refractivity contribution is 0.102. The van der Waals surface area contributed by atoms with Crippen molar-refractivity contribution in [1.29, 1.82) is 0 Å². The Labute approximate surface area is 125 Å². The molecule has 3 aromatic rings. The van der Waals surface area contributed by atoms with Gasteiger partial charge in [0.1, 0.15) is 17.5 Å². The third-order valence-corrected chi connectivity index (χ3v) is 3.33. The minimum absolute atomic E-state index is 0.0819. The van der Waals surface area contributed by atoms with Crippen LogP contribution in [-0.4, -0.2) is 15.3 Å². The van der Waals surface area contributed by atoms with E-state index < -0.39 is 17.5 Å². The van der Waals surface area contributed by atoms with E-state index in [-0.39, 0.29) is 11.4 Å². The SMILES string of the molecule is CCc1nc(C(=O)Nc2ccc(F)cc2F)c2ccccn12. The minimum atomic E-state index is -0.826. The number of carbonyl (C=O) groups excluding carboxylic acids is 1. The summed E-state index contributed by atoms with van der Waals surface area (Å²) < 4.78 is 28.3. The molecule has 6 heteroatoms. The summed E-state index contributed by atoms with van der Waals surface area (Å²) in [5.74, 6) is -1.32. The number of aryl methyl sites for hydroxylation is 1. The van der Waals surface area contributed by atoms with Crippen LogP contribution in [0.1, 0.15) is 23.2 Å². The highest BCUT2D eigenvalue weighted by atomic mass is 19.1. The van der Waals surface area contributed by atoms with Crippen LogP contribution in [0, 0.1) is 11.6 Å². The van der Waals surface area contributed by atoms with Crippen LogP contribution in [0.4, 0.5) is 14.5 Å². The van der Waals surface area contributed by atoms with Gasteiger partial charge in [0.2, 0.25) is 0 Å². The second-order valence-electron chi connectivity index (χ2n) is 4.76. The first-order chi connectivity index (χ1) is 10.6. The van der Waals surface area contributed by atoms with Gasteiger partial charge < -0.3 is 9.72 Å². The maximum Gasteiger partial charge on any atom is 0.276 e. The van der Waals surface area contributed by atoms with Gasteiger partial charge in [-0.15, -0.1) is 0 Å². The summed E-state index contributed by atoms with van der Waals surface area (Å²) in [5.41, 5.74) is 0.766. The van der Waals surface area contributed by atoms with Crippen molar-refractivity contribution >= 4 is 17.1 Å². The van der Waals surface area contributed by atoms with Gasteiger partial charge in [0.05, 0.1) is 11.2 Å². The smallest absolute Gasteiger partial charge is 0.276 e. The molecule has 0 saturated heterocycles. The highest BCUT2D eigenvalue weighted by molar-refractivity contribution is 6.07. The summed E-state index contributed by atoms with van der Waals surface area (Å²) in [6.45, 7) is 1.93. The fraction of sp³-hybridized carbons (Fsp3) is 0.125. The van der Waals surface area contributed by atoms with Gasteiger partial charge in [-0.25, -0.2) is 13.8 Å². The van der Waals surface area contributed by atoms with E-state index in [0.29, 0.717) is 11.9 Å². The van der Waals surface area contributed by atoms with E-state index >= 15 is 0 Å². The van der Waals surface area contributed by atoms with Gasteiger partial charge in [0, 0.05) is 18.7 Å². The molecule has 1 N–H and O–H groups in total. The van der Waals surface area contributed by atoms with Gasteiger partial charge in [-0.1, -0.05) is 13.0 Å². The molecule has 2 heterocycles. The molecule has 0 fully saturated rings. The number of anilines is 1. The van der Waals surface area contributed by atoms with E-state index in [1.807, 2.05) is 23.6 Å². The maximum atomic E-state index is 13.6. The van der Waals surface area contributed by atoms with Gasteiger partial charge >= 0.3 is 0 Å². The van der Waals surface area contributed by atoms with Gasteiger partial charge in [0.25, 0.3) is 5.91 Å². The quantitative estimate of drug-likeness (QED) is 0.805. The molecule has 2 aromatic heterocycles. The first kappa shape index (κ1) is 14.2. The average molecular weight is 301 g/mol. The Balaban J connectivity index is 1.99. The van der Waals surface area contributed by atoms with Crippen LogP contribution in [0.3, 0.4) is 0 Å². The number of benzene rings is 1. The molecule has 0 atom stereocenters. The molecule has 0 aliphatic rings. The molecule has 0 aliphatic heterocycles. The number of amides is 1. The Morgan fingerprint density at radius 3 is 2.82 bits per heavy atom. The van der Waals surface area contributed by atoms with Crippen LogP contribution in [0.2, 0.25) is 0 Å². The molecule has 0 radical (unpaired) electrons. The summed E-state index contributed by atoms with van der Waals surface area (Å²) in [5, 5.41) is 2.43. The van der Waals surface area contributed by atoms with Gasteiger partial charge in [-0.2, -0.15) is 0 Å². The molecule has 4 nitrogen and oxygen atoms in total. The molecule has 1 amide bonds. The largest absolute Gasteiger partial charge is 0.318 e. The predicted octanol–water partition coefficient (Wildman–Crippen LogP) is 3.43. The molecule has 22 heavy (non-hydrogen) atoms. The topological polar surface area (TPSA) is 46.4 Å². The lowest BCUT2D eigenvalue weighted by Gasteiger charge is -2.05. The Morgan fingerprint density at radius 1 is 1.27 bits per heavy atom. The summed E-state index contributed by atoms with van der Waals surface area (Å²) in [4.78, 5) is 16.7. The Bertz CT molecular complexity index is 858. The monoisotopic (exact) mass is 301 g/mol. The summed E-state index contributed by atoms with van der Waals surface area (Å²) in [6.07, 6.45) is 2.47. The van der Waals surface area contributed by atoms with E-state index in [2.05, 4.69) is 10.3 Å². The standard InChI is InChI=1S/C16H13F2N3O/c1-2-14-20-15(13-5-3-4-8-21(13)14)16(22)19-12-7-6-10(17)9-11(12)18/h3-9H,2H2,1H3,(H,19,22). The van der Waals surface area contributed by atoms with E-state index in [1.165, 1.54) is 6.07 Å². The molecular formula is C16H13F2N3O. The number of carbonyl (C=O) groups is 1. The molecule has 112 valence electrons. The van der Waals surface area contributed by atoms with Crippen molar-refractivity contribution in [2.45, 2.75) is 13.3 Å². The number of aromatic nitrogens is 2. The van der Waals surface area contributed by atoms with E-state index in [9.17, 15) is 13.6 Å². The maximum absolute atomic E-state index is 13.6. The number of hydrogen-bond donors (Lipinski definition) is 1. The van der Waals surface area contributed by atoms with E-state index in [1.54, 1.807) is 12.1 Å². The average Bonchev–Trinajstić information content (AvgIpc) is 2.89. The molecule has 3 rings (SSSR count). The zero-order valence-electron chi connectivity index (χ0n) is 11.8. The number of imidazole rings is 1. The number of pyridine rings is 1. The third-order valence-electron chi connectivity index (χ3n) is 3.33. The van der Waals surface area contributed by atoms with Crippen LogP contribution >= 0.6 is 0 Å². The lowest BCUT2D eigenvalue weighted by Crippen LogP contribution is -2.14. The summed E-state index contributed by atoms with van der Waals surface area (Å²) in [6, 6.07) is 8.39. The number of nitrogens with zero attached hydrogens (tertiary/aromatic N) is 2. The fourth-order valence-corrected chi connectivity index (χ4v) is 2.29. The Hall–Kier alpha value is -2.76. The molecule has 0 saturated carbocycles. The van der Waals surface area contributed by atoms with Gasteiger partial charge in [-0.05, 0) is 24.3 Å². The number of halogens is 2. The molecule has 0 unspecified atom stereocenters. The van der Waals surface area contributed by atoms with Crippen LogP contribution in [0.15, 0.2) is 42.6 Å². The third kappa shape index (κ3) is 2.43. The molecule has 1 aromatic carbocycles. The van der Waals surface area contributed by atoms with Crippen LogP contribution in [0.5, 0.6) is 0 Å². The lowest BCUT2D eigenvalue weighted by atomic mass is 10.2. The zero-order chi connectivity index (χ0) is 15.7. The second kappa shape index (κ2) is 5.55. The van der Waals surface area contributed by atoms with E-state index in [0.717, 1.165) is 18.0 Å². The van der Waals surface area contributed by atoms with Crippen LogP contribution < -0.4 is 5.32 Å². The first-order valence-corrected chi connectivity index (χ1v) is 6.82. The second-order valence-corrected chi connectivity index (χ2v) is 4.76. The van der Waals surface area contributed by atoms with Crippen molar-refractivity contribution in [3.8, 4) is 0 Å². The molecule has 0 bridgehead atoms. The van der Waals surface area contributed by atoms with Crippen LogP contribution in [0.25, 0.3) is 5.52 Å². The number of nitrogens with one attached hydrogen (secondary N) is 1. The van der Waals surface area contributed by atoms with E-state index in [4.69, 9.17) is 0 Å². The highest BCUT2D eigenvalue weighted by Crippen LogP contribution is 2.18. The number of fused-ring (bicyclic) bond motifs is 1. The van der Waals surface area contributed by atoms with Crippen molar-refractivity contribution in [2.24, 2.45) is 0 Å². The highest BCUT2D eigenvalue weighted by Gasteiger charge is 2.17. The molecule has 0 spiro atoms. The first-order valence-electron chi connectivity index (χ1n) is 6.82. The zero-order valence-corrected chi connectivity index (χ0v) is 11.8. The van der Waals surface area contributed by atoms with Crippen molar-refractivity contribution in [3.63, 3.8) is 0 Å². The van der Waals surface area contributed by atoms with Crippen molar-refractivity contribution < 1.29 is 13.6 Å². The fourth-order valence-electron chi connectivity index (χ4n) is 2.29. The van der Waals surface area contributed by atoms with Crippen molar-refractivity contribution in [2.75, 3.05) is 5.32 Å². The van der Waals surface area contributed by atoms with Crippen molar-refractivity contribution in [3.05, 3.63) is 65.7 Å². The Kier molecular flexibility index (Phi) is 3.58. The molecular weight excluding hydrogens is 288 g/mol. The molecule has 0 aliphatic carbocycles. The van der Waals surface area contributed by atoms with Gasteiger partial charge in [-0.3, -0.25) is 4.79 Å². The Morgan fingerprint density at radius 2 is 2.09 bits per heavy atom. The number of hydrogen-bond acceptors (Lipinski definition) is 2. The van der Waals surface area contributed by atoms with Crippen molar-refractivity contribution in [1.82, 2.24) is 9.38 Å². The predicted molar refractivity (Wildman–Crippen MR) is 78.9 cm³/mol. The minimum Gasteiger partial charge on any atom is -0.318 e. The van der Waals surface area contributed by atoms with Crippen LogP contribution in [-0.2, 0) is 6.42 Å². The summed E-state index contributed by atoms with van der Waals surface area (Å²) in [7, 11) is 0. The number of rotatable bonds is 3. The normalized spacial score (nSPS) is 10.9. The summed E-state index contributed by atoms with van der Waals surface area (Å²) >= 11 is 0. The van der Waals surface area contributed by atoms with Gasteiger partial charge in [0.15, 0.2) is 5.69 Å².